The fourth-order valence-electron chi connectivity index (χ4n) is 2.43. The van der Waals surface area contributed by atoms with Gasteiger partial charge in [-0.25, -0.2) is 0 Å². The molecule has 0 aliphatic carbocycles. The first-order valence-electron chi connectivity index (χ1n) is 7.40. The smallest absolute Gasteiger partial charge is 0.0478 e. The van der Waals surface area contributed by atoms with Crippen LogP contribution in [0, 0.1) is 0 Å². The van der Waals surface area contributed by atoms with Crippen LogP contribution >= 0.6 is 0 Å². The zero-order chi connectivity index (χ0) is 12.3. The molecule has 0 aromatic carbocycles. The average molecular weight is 242 g/mol. The summed E-state index contributed by atoms with van der Waals surface area (Å²) >= 11 is 0. The highest BCUT2D eigenvalue weighted by Gasteiger charge is 2.17. The number of nitrogens with zero attached hydrogens (tertiary/aromatic N) is 1. The summed E-state index contributed by atoms with van der Waals surface area (Å²) < 4.78 is 5.42. The van der Waals surface area contributed by atoms with Crippen molar-refractivity contribution in [3.8, 4) is 0 Å². The van der Waals surface area contributed by atoms with E-state index in [-0.39, 0.29) is 0 Å². The van der Waals surface area contributed by atoms with Crippen molar-refractivity contribution in [2.75, 3.05) is 39.4 Å². The molecule has 1 atom stereocenters. The molecule has 1 saturated heterocycles. The molecule has 0 amide bonds. The molecule has 1 heterocycles. The highest BCUT2D eigenvalue weighted by Crippen LogP contribution is 2.08. The van der Waals surface area contributed by atoms with Gasteiger partial charge in [0.1, 0.15) is 0 Å². The Bertz CT molecular complexity index is 170. The van der Waals surface area contributed by atoms with Gasteiger partial charge < -0.3 is 15.0 Å². The minimum absolute atomic E-state index is 0.735. The molecule has 1 N–H and O–H groups in total. The summed E-state index contributed by atoms with van der Waals surface area (Å²) in [6, 6.07) is 0.735. The van der Waals surface area contributed by atoms with Gasteiger partial charge in [0.2, 0.25) is 0 Å². The topological polar surface area (TPSA) is 24.5 Å². The summed E-state index contributed by atoms with van der Waals surface area (Å²) in [6.45, 7) is 11.0. The lowest BCUT2D eigenvalue weighted by Gasteiger charge is -2.25. The Kier molecular flexibility index (Phi) is 8.67. The monoisotopic (exact) mass is 242 g/mol. The fraction of sp³-hybridized carbons (Fsp3) is 1.00. The first-order chi connectivity index (χ1) is 8.36. The number of rotatable bonds is 10. The zero-order valence-electron chi connectivity index (χ0n) is 11.7. The maximum Gasteiger partial charge on any atom is 0.0478 e. The van der Waals surface area contributed by atoms with E-state index < -0.39 is 0 Å². The lowest BCUT2D eigenvalue weighted by molar-refractivity contribution is 0.129. The molecule has 1 fully saturated rings. The zero-order valence-corrected chi connectivity index (χ0v) is 11.7. The SMILES string of the molecule is CCCCN(CCCOCC)CC1CCCN1. The minimum atomic E-state index is 0.735. The first-order valence-corrected chi connectivity index (χ1v) is 7.40. The van der Waals surface area contributed by atoms with Crippen LogP contribution in [0.25, 0.3) is 0 Å². The standard InChI is InChI=1S/C14H30N2O/c1-3-5-10-16(11-7-12-17-4-2)13-14-8-6-9-15-14/h14-15H,3-13H2,1-2H3. The van der Waals surface area contributed by atoms with Gasteiger partial charge in [0, 0.05) is 32.3 Å². The Labute approximate surface area is 107 Å². The molecule has 3 nitrogen and oxygen atoms in total. The number of hydrogen-bond acceptors (Lipinski definition) is 3. The molecule has 0 bridgehead atoms. The van der Waals surface area contributed by atoms with Gasteiger partial charge in [-0.2, -0.15) is 0 Å². The van der Waals surface area contributed by atoms with Crippen molar-refractivity contribution in [2.45, 2.75) is 52.0 Å². The fourth-order valence-corrected chi connectivity index (χ4v) is 2.43. The molecule has 0 aromatic rings. The third-order valence-electron chi connectivity index (χ3n) is 3.44. The minimum Gasteiger partial charge on any atom is -0.382 e. The molecule has 0 aromatic heterocycles. The second kappa shape index (κ2) is 9.86. The van der Waals surface area contributed by atoms with Crippen molar-refractivity contribution in [1.82, 2.24) is 10.2 Å². The van der Waals surface area contributed by atoms with Crippen LogP contribution in [0.3, 0.4) is 0 Å². The number of unbranched alkanes of at least 4 members (excludes halogenated alkanes) is 1. The lowest BCUT2D eigenvalue weighted by Crippen LogP contribution is -2.38. The van der Waals surface area contributed by atoms with E-state index in [0.717, 1.165) is 19.3 Å². The van der Waals surface area contributed by atoms with Gasteiger partial charge in [-0.3, -0.25) is 0 Å². The quantitative estimate of drug-likeness (QED) is 0.595. The van der Waals surface area contributed by atoms with E-state index in [1.807, 2.05) is 0 Å². The third kappa shape index (κ3) is 7.02. The number of hydrogen-bond donors (Lipinski definition) is 1. The molecule has 0 spiro atoms. The molecular weight excluding hydrogens is 212 g/mol. The predicted molar refractivity (Wildman–Crippen MR) is 73.5 cm³/mol. The molecule has 102 valence electrons. The van der Waals surface area contributed by atoms with E-state index in [1.165, 1.54) is 58.3 Å². The normalized spacial score (nSPS) is 20.3. The molecule has 1 aliphatic rings. The van der Waals surface area contributed by atoms with Crippen LogP contribution in [0.1, 0.15) is 46.0 Å². The van der Waals surface area contributed by atoms with Crippen LogP contribution in [-0.4, -0.2) is 50.3 Å². The van der Waals surface area contributed by atoms with Crippen molar-refractivity contribution >= 4 is 0 Å². The van der Waals surface area contributed by atoms with Crippen LogP contribution in [-0.2, 0) is 4.74 Å². The summed E-state index contributed by atoms with van der Waals surface area (Å²) in [4.78, 5) is 2.62. The third-order valence-corrected chi connectivity index (χ3v) is 3.44. The van der Waals surface area contributed by atoms with E-state index in [4.69, 9.17) is 4.74 Å². The van der Waals surface area contributed by atoms with Crippen molar-refractivity contribution in [3.63, 3.8) is 0 Å². The van der Waals surface area contributed by atoms with Gasteiger partial charge in [-0.15, -0.1) is 0 Å². The van der Waals surface area contributed by atoms with E-state index in [0.29, 0.717) is 0 Å². The summed E-state index contributed by atoms with van der Waals surface area (Å²) in [6.07, 6.45) is 6.49. The predicted octanol–water partition coefficient (Wildman–Crippen LogP) is 2.27. The van der Waals surface area contributed by atoms with Gasteiger partial charge >= 0.3 is 0 Å². The van der Waals surface area contributed by atoms with Gasteiger partial charge in [-0.05, 0) is 45.7 Å². The summed E-state index contributed by atoms with van der Waals surface area (Å²) in [7, 11) is 0. The second-order valence-corrected chi connectivity index (χ2v) is 5.00. The molecule has 1 unspecified atom stereocenters. The van der Waals surface area contributed by atoms with Crippen molar-refractivity contribution in [3.05, 3.63) is 0 Å². The number of ether oxygens (including phenoxy) is 1. The molecule has 3 heteroatoms. The van der Waals surface area contributed by atoms with Crippen LogP contribution in [0.2, 0.25) is 0 Å². The van der Waals surface area contributed by atoms with Gasteiger partial charge in [0.15, 0.2) is 0 Å². The van der Waals surface area contributed by atoms with Gasteiger partial charge in [-0.1, -0.05) is 13.3 Å². The van der Waals surface area contributed by atoms with Crippen LogP contribution < -0.4 is 5.32 Å². The van der Waals surface area contributed by atoms with Gasteiger partial charge in [0.25, 0.3) is 0 Å². The summed E-state index contributed by atoms with van der Waals surface area (Å²) in [5.74, 6) is 0. The highest BCUT2D eigenvalue weighted by atomic mass is 16.5. The summed E-state index contributed by atoms with van der Waals surface area (Å²) in [5.41, 5.74) is 0. The molecule has 17 heavy (non-hydrogen) atoms. The van der Waals surface area contributed by atoms with E-state index >= 15 is 0 Å². The molecule has 0 saturated carbocycles. The Hall–Kier alpha value is -0.120. The van der Waals surface area contributed by atoms with E-state index in [2.05, 4.69) is 24.1 Å². The van der Waals surface area contributed by atoms with Crippen LogP contribution in [0.15, 0.2) is 0 Å². The Morgan fingerprint density at radius 2 is 2.06 bits per heavy atom. The van der Waals surface area contributed by atoms with E-state index in [9.17, 15) is 0 Å². The van der Waals surface area contributed by atoms with Crippen molar-refractivity contribution in [2.24, 2.45) is 0 Å². The molecule has 1 aliphatic heterocycles. The maximum absolute atomic E-state index is 5.42. The Morgan fingerprint density at radius 3 is 2.71 bits per heavy atom. The van der Waals surface area contributed by atoms with Crippen molar-refractivity contribution < 1.29 is 4.74 Å². The van der Waals surface area contributed by atoms with E-state index in [1.54, 1.807) is 0 Å². The largest absolute Gasteiger partial charge is 0.382 e. The van der Waals surface area contributed by atoms with Crippen LogP contribution in [0.4, 0.5) is 0 Å². The van der Waals surface area contributed by atoms with Crippen LogP contribution in [0.5, 0.6) is 0 Å². The molecule has 0 radical (unpaired) electrons. The second-order valence-electron chi connectivity index (χ2n) is 5.00. The highest BCUT2D eigenvalue weighted by molar-refractivity contribution is 4.77. The molecular formula is C14H30N2O. The van der Waals surface area contributed by atoms with Crippen molar-refractivity contribution in [1.29, 1.82) is 0 Å². The maximum atomic E-state index is 5.42. The Morgan fingerprint density at radius 1 is 1.24 bits per heavy atom. The average Bonchev–Trinajstić information content (AvgIpc) is 2.84. The van der Waals surface area contributed by atoms with Gasteiger partial charge in [0.05, 0.1) is 0 Å². The lowest BCUT2D eigenvalue weighted by atomic mass is 10.2. The Balaban J connectivity index is 2.16. The number of nitrogens with one attached hydrogen (secondary N) is 1. The summed E-state index contributed by atoms with van der Waals surface area (Å²) in [5, 5.41) is 3.59. The first kappa shape index (κ1) is 14.9. The molecule has 1 rings (SSSR count).